The van der Waals surface area contributed by atoms with E-state index >= 15 is 0 Å². The highest BCUT2D eigenvalue weighted by Crippen LogP contribution is 2.14. The third-order valence-electron chi connectivity index (χ3n) is 5.54. The SMILES string of the molecule is CCCCCCCCCCCCCCCCCCCN(C)CCCC. The Morgan fingerprint density at radius 2 is 0.640 bits per heavy atom. The summed E-state index contributed by atoms with van der Waals surface area (Å²) in [7, 11) is 2.28. The zero-order chi connectivity index (χ0) is 18.4. The lowest BCUT2D eigenvalue weighted by Crippen LogP contribution is -2.20. The van der Waals surface area contributed by atoms with Crippen molar-refractivity contribution in [2.45, 2.75) is 136 Å². The first-order valence-electron chi connectivity index (χ1n) is 12.0. The maximum Gasteiger partial charge on any atom is -0.00218 e. The van der Waals surface area contributed by atoms with Gasteiger partial charge in [0.2, 0.25) is 0 Å². The molecule has 0 aliphatic heterocycles. The summed E-state index contributed by atoms with van der Waals surface area (Å²) in [4.78, 5) is 2.51. The van der Waals surface area contributed by atoms with E-state index in [0.29, 0.717) is 0 Å². The first-order chi connectivity index (χ1) is 12.3. The van der Waals surface area contributed by atoms with Gasteiger partial charge in [0.15, 0.2) is 0 Å². The molecule has 152 valence electrons. The summed E-state index contributed by atoms with van der Waals surface area (Å²) in [5.41, 5.74) is 0. The van der Waals surface area contributed by atoms with E-state index in [4.69, 9.17) is 0 Å². The summed E-state index contributed by atoms with van der Waals surface area (Å²) in [6.45, 7) is 7.17. The second-order valence-electron chi connectivity index (χ2n) is 8.31. The monoisotopic (exact) mass is 353 g/mol. The largest absolute Gasteiger partial charge is 0.306 e. The minimum absolute atomic E-state index is 1.29. The summed E-state index contributed by atoms with van der Waals surface area (Å²) in [5.74, 6) is 0. The lowest BCUT2D eigenvalue weighted by atomic mass is 10.0. The minimum atomic E-state index is 1.29. The number of hydrogen-bond donors (Lipinski definition) is 0. The highest BCUT2D eigenvalue weighted by atomic mass is 15.1. The van der Waals surface area contributed by atoms with E-state index in [1.165, 1.54) is 135 Å². The van der Waals surface area contributed by atoms with Crippen LogP contribution in [0.1, 0.15) is 136 Å². The maximum absolute atomic E-state index is 2.51. The number of nitrogens with zero attached hydrogens (tertiary/aromatic N) is 1. The summed E-state index contributed by atoms with van der Waals surface area (Å²) in [6.07, 6.45) is 27.5. The van der Waals surface area contributed by atoms with Crippen molar-refractivity contribution in [3.8, 4) is 0 Å². The Balaban J connectivity index is 3.03. The van der Waals surface area contributed by atoms with Gasteiger partial charge in [-0.05, 0) is 33.0 Å². The van der Waals surface area contributed by atoms with Crippen LogP contribution >= 0.6 is 0 Å². The van der Waals surface area contributed by atoms with Gasteiger partial charge in [0.05, 0.1) is 0 Å². The van der Waals surface area contributed by atoms with Crippen molar-refractivity contribution in [3.05, 3.63) is 0 Å². The van der Waals surface area contributed by atoms with E-state index in [9.17, 15) is 0 Å². The van der Waals surface area contributed by atoms with Crippen LogP contribution in [-0.2, 0) is 0 Å². The topological polar surface area (TPSA) is 3.24 Å². The molecule has 0 atom stereocenters. The van der Waals surface area contributed by atoms with Crippen LogP contribution in [0.15, 0.2) is 0 Å². The summed E-state index contributed by atoms with van der Waals surface area (Å²) in [5, 5.41) is 0. The molecule has 0 aromatic rings. The van der Waals surface area contributed by atoms with Gasteiger partial charge in [-0.1, -0.05) is 123 Å². The molecule has 0 aromatic carbocycles. The molecule has 0 fully saturated rings. The van der Waals surface area contributed by atoms with E-state index < -0.39 is 0 Å². The average Bonchev–Trinajstić information content (AvgIpc) is 2.62. The third-order valence-corrected chi connectivity index (χ3v) is 5.54. The fourth-order valence-electron chi connectivity index (χ4n) is 3.65. The number of rotatable bonds is 21. The Bertz CT molecular complexity index is 226. The Morgan fingerprint density at radius 3 is 1.00 bits per heavy atom. The Morgan fingerprint density at radius 1 is 0.360 bits per heavy atom. The van der Waals surface area contributed by atoms with Gasteiger partial charge < -0.3 is 4.90 Å². The van der Waals surface area contributed by atoms with Gasteiger partial charge in [0.1, 0.15) is 0 Å². The van der Waals surface area contributed by atoms with E-state index in [1.807, 2.05) is 0 Å². The quantitative estimate of drug-likeness (QED) is 0.187. The summed E-state index contributed by atoms with van der Waals surface area (Å²) in [6, 6.07) is 0. The van der Waals surface area contributed by atoms with Gasteiger partial charge in [0, 0.05) is 0 Å². The zero-order valence-electron chi connectivity index (χ0n) is 18.3. The zero-order valence-corrected chi connectivity index (χ0v) is 18.3. The van der Waals surface area contributed by atoms with E-state index in [1.54, 1.807) is 0 Å². The predicted octanol–water partition coefficient (Wildman–Crippen LogP) is 8.37. The van der Waals surface area contributed by atoms with Crippen LogP contribution < -0.4 is 0 Å². The van der Waals surface area contributed by atoms with Crippen molar-refractivity contribution < 1.29 is 0 Å². The molecule has 0 saturated heterocycles. The lowest BCUT2D eigenvalue weighted by Gasteiger charge is -2.15. The van der Waals surface area contributed by atoms with Crippen molar-refractivity contribution in [1.82, 2.24) is 4.90 Å². The number of hydrogen-bond acceptors (Lipinski definition) is 1. The molecule has 25 heavy (non-hydrogen) atoms. The molecule has 0 unspecified atom stereocenters. The molecular weight excluding hydrogens is 302 g/mol. The van der Waals surface area contributed by atoms with E-state index in [-0.39, 0.29) is 0 Å². The Hall–Kier alpha value is -0.0400. The van der Waals surface area contributed by atoms with E-state index in [2.05, 4.69) is 25.8 Å². The van der Waals surface area contributed by atoms with Gasteiger partial charge in [-0.3, -0.25) is 0 Å². The highest BCUT2D eigenvalue weighted by molar-refractivity contribution is 4.53. The van der Waals surface area contributed by atoms with E-state index in [0.717, 1.165) is 0 Å². The molecule has 1 heteroatoms. The van der Waals surface area contributed by atoms with Gasteiger partial charge in [-0.2, -0.15) is 0 Å². The number of unbranched alkanes of at least 4 members (excludes halogenated alkanes) is 17. The van der Waals surface area contributed by atoms with Crippen LogP contribution in [0.3, 0.4) is 0 Å². The van der Waals surface area contributed by atoms with Crippen LogP contribution in [-0.4, -0.2) is 25.0 Å². The Kier molecular flexibility index (Phi) is 22.0. The van der Waals surface area contributed by atoms with Gasteiger partial charge in [-0.25, -0.2) is 0 Å². The molecule has 0 aromatic heterocycles. The standard InChI is InChI=1S/C24H51N/c1-4-6-8-9-10-11-12-13-14-15-16-17-18-19-20-21-22-24-25(3)23-7-5-2/h4-24H2,1-3H3. The molecule has 0 heterocycles. The van der Waals surface area contributed by atoms with Crippen molar-refractivity contribution in [3.63, 3.8) is 0 Å². The van der Waals surface area contributed by atoms with Crippen molar-refractivity contribution in [2.24, 2.45) is 0 Å². The summed E-state index contributed by atoms with van der Waals surface area (Å²) < 4.78 is 0. The summed E-state index contributed by atoms with van der Waals surface area (Å²) >= 11 is 0. The molecule has 1 nitrogen and oxygen atoms in total. The fourth-order valence-corrected chi connectivity index (χ4v) is 3.65. The maximum atomic E-state index is 2.51. The molecular formula is C24H51N. The van der Waals surface area contributed by atoms with Gasteiger partial charge in [0.25, 0.3) is 0 Å². The van der Waals surface area contributed by atoms with Crippen molar-refractivity contribution >= 4 is 0 Å². The molecule has 0 N–H and O–H groups in total. The van der Waals surface area contributed by atoms with Gasteiger partial charge in [-0.15, -0.1) is 0 Å². The van der Waals surface area contributed by atoms with Crippen molar-refractivity contribution in [2.75, 3.05) is 20.1 Å². The van der Waals surface area contributed by atoms with Crippen LogP contribution in [0.5, 0.6) is 0 Å². The smallest absolute Gasteiger partial charge is 0.00218 e. The fraction of sp³-hybridized carbons (Fsp3) is 1.00. The third kappa shape index (κ3) is 21.9. The molecule has 0 saturated carbocycles. The molecule has 0 aliphatic rings. The predicted molar refractivity (Wildman–Crippen MR) is 117 cm³/mol. The molecule has 0 spiro atoms. The van der Waals surface area contributed by atoms with Crippen LogP contribution in [0, 0.1) is 0 Å². The molecule has 0 rings (SSSR count). The Labute approximate surface area is 161 Å². The van der Waals surface area contributed by atoms with Crippen LogP contribution in [0.4, 0.5) is 0 Å². The molecule has 0 bridgehead atoms. The highest BCUT2D eigenvalue weighted by Gasteiger charge is 1.98. The molecule has 0 aliphatic carbocycles. The first-order valence-corrected chi connectivity index (χ1v) is 12.0. The van der Waals surface area contributed by atoms with Gasteiger partial charge >= 0.3 is 0 Å². The molecule has 0 radical (unpaired) electrons. The van der Waals surface area contributed by atoms with Crippen molar-refractivity contribution in [1.29, 1.82) is 0 Å². The second kappa shape index (κ2) is 22.0. The van der Waals surface area contributed by atoms with Crippen LogP contribution in [0.25, 0.3) is 0 Å². The normalized spacial score (nSPS) is 11.5. The first kappa shape index (κ1) is 25.0. The lowest BCUT2D eigenvalue weighted by molar-refractivity contribution is 0.318. The average molecular weight is 354 g/mol. The minimum Gasteiger partial charge on any atom is -0.306 e. The second-order valence-corrected chi connectivity index (χ2v) is 8.31. The molecule has 0 amide bonds. The van der Waals surface area contributed by atoms with Crippen LogP contribution in [0.2, 0.25) is 0 Å².